The maximum Gasteiger partial charge on any atom is 0.182 e. The molecular weight excluding hydrogens is 265 g/mol. The fourth-order valence-electron chi connectivity index (χ4n) is 5.17. The summed E-state index contributed by atoms with van der Waals surface area (Å²) < 4.78 is 0. The average Bonchev–Trinajstić information content (AvgIpc) is 2.46. The van der Waals surface area contributed by atoms with Crippen molar-refractivity contribution in [3.63, 3.8) is 0 Å². The van der Waals surface area contributed by atoms with Gasteiger partial charge >= 0.3 is 0 Å². The van der Waals surface area contributed by atoms with E-state index in [4.69, 9.17) is 0 Å². The summed E-state index contributed by atoms with van der Waals surface area (Å²) in [4.78, 5) is 2.50. The van der Waals surface area contributed by atoms with Crippen LogP contribution in [-0.2, 0) is 6.54 Å². The fraction of sp³-hybridized carbons (Fsp3) is 0.700. The first kappa shape index (κ1) is 16.1. The first-order chi connectivity index (χ1) is 10.6. The Morgan fingerprint density at radius 1 is 1.05 bits per heavy atom. The maximum atomic E-state index is 2.50. The molecule has 2 saturated heterocycles. The molecule has 2 aliphatic rings. The van der Waals surface area contributed by atoms with Crippen LogP contribution in [0, 0.1) is 5.92 Å². The standard InChI is InChI=1S/C20H32BN/c1-16(2)14-22(3)15-17-8-4-5-13-20(17)21-18-9-6-10-19(21)12-7-11-18/h4-5,8,13,16,18-19H,6-7,9-12,14-15H2,1-3H3. The molecule has 0 atom stereocenters. The number of rotatable bonds is 5. The molecule has 22 heavy (non-hydrogen) atoms. The highest BCUT2D eigenvalue weighted by Gasteiger charge is 2.40. The highest BCUT2D eigenvalue weighted by Crippen LogP contribution is 2.46. The molecule has 2 heteroatoms. The summed E-state index contributed by atoms with van der Waals surface area (Å²) in [5, 5.41) is 0. The predicted octanol–water partition coefficient (Wildman–Crippen LogP) is 4.58. The van der Waals surface area contributed by atoms with Crippen LogP contribution in [0.2, 0.25) is 11.6 Å². The molecule has 0 saturated carbocycles. The monoisotopic (exact) mass is 297 g/mol. The lowest BCUT2D eigenvalue weighted by Gasteiger charge is -2.41. The van der Waals surface area contributed by atoms with Crippen LogP contribution >= 0.6 is 0 Å². The molecule has 0 amide bonds. The molecule has 1 aromatic rings. The Morgan fingerprint density at radius 3 is 2.23 bits per heavy atom. The fourth-order valence-corrected chi connectivity index (χ4v) is 5.17. The zero-order valence-corrected chi connectivity index (χ0v) is 14.7. The second-order valence-corrected chi connectivity index (χ2v) is 8.20. The van der Waals surface area contributed by atoms with E-state index >= 15 is 0 Å². The molecule has 0 aliphatic carbocycles. The Labute approximate surface area is 137 Å². The SMILES string of the molecule is CC(C)CN(C)Cc1ccccc1B1C2CCCC1CCC2. The van der Waals surface area contributed by atoms with Crippen LogP contribution in [0.4, 0.5) is 0 Å². The van der Waals surface area contributed by atoms with Crippen LogP contribution < -0.4 is 5.46 Å². The summed E-state index contributed by atoms with van der Waals surface area (Å²) in [6, 6.07) is 9.34. The van der Waals surface area contributed by atoms with Gasteiger partial charge < -0.3 is 4.90 Å². The lowest BCUT2D eigenvalue weighted by Crippen LogP contribution is -2.46. The van der Waals surface area contributed by atoms with E-state index in [0.717, 1.165) is 30.8 Å². The zero-order valence-electron chi connectivity index (χ0n) is 14.7. The Kier molecular flexibility index (Phi) is 5.28. The molecule has 0 aromatic heterocycles. The van der Waals surface area contributed by atoms with Crippen molar-refractivity contribution in [1.82, 2.24) is 4.90 Å². The van der Waals surface area contributed by atoms with Crippen molar-refractivity contribution in [2.75, 3.05) is 13.6 Å². The van der Waals surface area contributed by atoms with Gasteiger partial charge in [0.15, 0.2) is 6.71 Å². The molecule has 120 valence electrons. The summed E-state index contributed by atoms with van der Waals surface area (Å²) in [6.07, 6.45) is 8.83. The van der Waals surface area contributed by atoms with Crippen LogP contribution in [0.3, 0.4) is 0 Å². The van der Waals surface area contributed by atoms with Crippen LogP contribution in [0.1, 0.15) is 57.9 Å². The third-order valence-electron chi connectivity index (χ3n) is 5.85. The van der Waals surface area contributed by atoms with E-state index in [-0.39, 0.29) is 0 Å². The van der Waals surface area contributed by atoms with Crippen molar-refractivity contribution in [2.24, 2.45) is 5.92 Å². The Bertz CT molecular complexity index is 462. The molecule has 1 nitrogen and oxygen atoms in total. The van der Waals surface area contributed by atoms with E-state index in [1.807, 2.05) is 0 Å². The third-order valence-corrected chi connectivity index (χ3v) is 5.85. The third kappa shape index (κ3) is 3.59. The van der Waals surface area contributed by atoms with Crippen molar-refractivity contribution >= 4 is 12.2 Å². The van der Waals surface area contributed by atoms with Gasteiger partial charge in [0, 0.05) is 13.1 Å². The number of benzene rings is 1. The molecule has 2 bridgehead atoms. The summed E-state index contributed by atoms with van der Waals surface area (Å²) >= 11 is 0. The Hall–Kier alpha value is -0.755. The second kappa shape index (κ2) is 7.21. The highest BCUT2D eigenvalue weighted by molar-refractivity contribution is 6.76. The molecule has 2 aliphatic heterocycles. The number of hydrogen-bond donors (Lipinski definition) is 0. The predicted molar refractivity (Wildman–Crippen MR) is 98.2 cm³/mol. The lowest BCUT2D eigenvalue weighted by molar-refractivity contribution is 0.289. The summed E-state index contributed by atoms with van der Waals surface area (Å²) in [7, 11) is 2.28. The lowest BCUT2D eigenvalue weighted by atomic mass is 9.24. The summed E-state index contributed by atoms with van der Waals surface area (Å²) in [5.41, 5.74) is 3.28. The second-order valence-electron chi connectivity index (χ2n) is 8.20. The van der Waals surface area contributed by atoms with Crippen molar-refractivity contribution in [3.05, 3.63) is 29.8 Å². The average molecular weight is 297 g/mol. The zero-order chi connectivity index (χ0) is 15.5. The number of nitrogens with zero attached hydrogens (tertiary/aromatic N) is 1. The van der Waals surface area contributed by atoms with Crippen LogP contribution in [0.25, 0.3) is 0 Å². The largest absolute Gasteiger partial charge is 0.302 e. The van der Waals surface area contributed by atoms with Crippen molar-refractivity contribution in [3.8, 4) is 0 Å². The van der Waals surface area contributed by atoms with Gasteiger partial charge in [0.25, 0.3) is 0 Å². The molecule has 1 aromatic carbocycles. The quantitative estimate of drug-likeness (QED) is 0.719. The van der Waals surface area contributed by atoms with Gasteiger partial charge in [0.1, 0.15) is 0 Å². The van der Waals surface area contributed by atoms with Gasteiger partial charge in [-0.25, -0.2) is 0 Å². The smallest absolute Gasteiger partial charge is 0.182 e. The molecule has 3 rings (SSSR count). The topological polar surface area (TPSA) is 3.24 Å². The van der Waals surface area contributed by atoms with E-state index < -0.39 is 0 Å². The Balaban J connectivity index is 1.81. The van der Waals surface area contributed by atoms with Crippen LogP contribution in [-0.4, -0.2) is 25.2 Å². The normalized spacial score (nSPS) is 25.0. The van der Waals surface area contributed by atoms with E-state index in [2.05, 4.69) is 50.1 Å². The minimum Gasteiger partial charge on any atom is -0.302 e. The maximum absolute atomic E-state index is 2.50. The molecule has 0 N–H and O–H groups in total. The van der Waals surface area contributed by atoms with E-state index in [0.29, 0.717) is 0 Å². The van der Waals surface area contributed by atoms with Crippen LogP contribution in [0.5, 0.6) is 0 Å². The van der Waals surface area contributed by atoms with E-state index in [1.165, 1.54) is 45.1 Å². The van der Waals surface area contributed by atoms with Crippen molar-refractivity contribution in [2.45, 2.75) is 70.6 Å². The van der Waals surface area contributed by atoms with E-state index in [9.17, 15) is 0 Å². The van der Waals surface area contributed by atoms with Gasteiger partial charge in [-0.2, -0.15) is 0 Å². The van der Waals surface area contributed by atoms with Crippen molar-refractivity contribution in [1.29, 1.82) is 0 Å². The first-order valence-electron chi connectivity index (χ1n) is 9.41. The van der Waals surface area contributed by atoms with Gasteiger partial charge in [-0.15, -0.1) is 0 Å². The first-order valence-corrected chi connectivity index (χ1v) is 9.41. The van der Waals surface area contributed by atoms with Gasteiger partial charge in [0.05, 0.1) is 0 Å². The van der Waals surface area contributed by atoms with Crippen molar-refractivity contribution < 1.29 is 0 Å². The van der Waals surface area contributed by atoms with Gasteiger partial charge in [-0.3, -0.25) is 0 Å². The van der Waals surface area contributed by atoms with Gasteiger partial charge in [0.2, 0.25) is 0 Å². The number of fused-ring (bicyclic) bond motifs is 2. The minimum atomic E-state index is 0.742. The molecule has 2 heterocycles. The molecule has 0 spiro atoms. The van der Waals surface area contributed by atoms with Gasteiger partial charge in [-0.1, -0.05) is 93.7 Å². The van der Waals surface area contributed by atoms with Crippen LogP contribution in [0.15, 0.2) is 24.3 Å². The molecule has 0 radical (unpaired) electrons. The van der Waals surface area contributed by atoms with Gasteiger partial charge in [-0.05, 0) is 18.5 Å². The Morgan fingerprint density at radius 2 is 1.64 bits per heavy atom. The molecule has 2 fully saturated rings. The summed E-state index contributed by atoms with van der Waals surface area (Å²) in [6.45, 7) is 7.78. The molecule has 0 unspecified atom stereocenters. The molecular formula is C20H32BN. The minimum absolute atomic E-state index is 0.742. The summed E-state index contributed by atoms with van der Waals surface area (Å²) in [5.74, 6) is 2.67. The van der Waals surface area contributed by atoms with E-state index in [1.54, 1.807) is 11.0 Å². The number of hydrogen-bond acceptors (Lipinski definition) is 1. The highest BCUT2D eigenvalue weighted by atomic mass is 15.1.